The lowest BCUT2D eigenvalue weighted by atomic mass is 9.91. The molecule has 0 saturated carbocycles. The number of ether oxygens (including phenoxy) is 1. The fourth-order valence-electron chi connectivity index (χ4n) is 3.59. The number of hydrogen-bond donors (Lipinski definition) is 2. The summed E-state index contributed by atoms with van der Waals surface area (Å²) >= 11 is 0. The van der Waals surface area contributed by atoms with E-state index in [-0.39, 0.29) is 12.1 Å². The van der Waals surface area contributed by atoms with Gasteiger partial charge in [0, 0.05) is 22.6 Å². The highest BCUT2D eigenvalue weighted by Gasteiger charge is 2.24. The molecule has 4 heteroatoms. The van der Waals surface area contributed by atoms with Crippen molar-refractivity contribution in [2.24, 2.45) is 0 Å². The van der Waals surface area contributed by atoms with E-state index in [1.807, 2.05) is 30.3 Å². The number of benzene rings is 2. The Bertz CT molecular complexity index is 899. The molecule has 0 aliphatic heterocycles. The summed E-state index contributed by atoms with van der Waals surface area (Å²) in [7, 11) is 0. The highest BCUT2D eigenvalue weighted by Crippen LogP contribution is 2.29. The van der Waals surface area contributed by atoms with Crippen LogP contribution in [0.15, 0.2) is 48.5 Å². The Hall–Kier alpha value is -2.75. The van der Waals surface area contributed by atoms with Gasteiger partial charge < -0.3 is 15.0 Å². The second kappa shape index (κ2) is 6.63. The molecule has 25 heavy (non-hydrogen) atoms. The third kappa shape index (κ3) is 3.38. The van der Waals surface area contributed by atoms with Gasteiger partial charge in [-0.25, -0.2) is 4.79 Å². The molecule has 1 aromatic heterocycles. The van der Waals surface area contributed by atoms with Crippen molar-refractivity contribution in [2.45, 2.75) is 38.8 Å². The molecule has 128 valence electrons. The number of nitrogens with one attached hydrogen (secondary N) is 2. The van der Waals surface area contributed by atoms with Crippen molar-refractivity contribution in [3.8, 4) is 0 Å². The van der Waals surface area contributed by atoms with E-state index in [2.05, 4.69) is 35.4 Å². The third-order valence-electron chi connectivity index (χ3n) is 4.88. The van der Waals surface area contributed by atoms with E-state index in [1.165, 1.54) is 27.7 Å². The van der Waals surface area contributed by atoms with Crippen LogP contribution in [-0.4, -0.2) is 17.1 Å². The second-order valence-electron chi connectivity index (χ2n) is 6.78. The van der Waals surface area contributed by atoms with Gasteiger partial charge in [0.25, 0.3) is 0 Å². The zero-order chi connectivity index (χ0) is 17.2. The van der Waals surface area contributed by atoms with Crippen LogP contribution >= 0.6 is 0 Å². The molecule has 0 unspecified atom stereocenters. The van der Waals surface area contributed by atoms with E-state index in [9.17, 15) is 4.79 Å². The van der Waals surface area contributed by atoms with E-state index >= 15 is 0 Å². The molecule has 1 aliphatic rings. The third-order valence-corrected chi connectivity index (χ3v) is 4.88. The fourth-order valence-corrected chi connectivity index (χ4v) is 3.59. The number of carbonyl (C=O) groups excluding carboxylic acids is 1. The Kier molecular flexibility index (Phi) is 4.18. The predicted molar refractivity (Wildman–Crippen MR) is 98.6 cm³/mol. The quantitative estimate of drug-likeness (QED) is 0.752. The van der Waals surface area contributed by atoms with Crippen molar-refractivity contribution in [3.05, 3.63) is 70.9 Å². The van der Waals surface area contributed by atoms with Crippen LogP contribution < -0.4 is 5.32 Å². The summed E-state index contributed by atoms with van der Waals surface area (Å²) in [4.78, 5) is 15.6. The number of hydrogen-bond acceptors (Lipinski definition) is 2. The van der Waals surface area contributed by atoms with Gasteiger partial charge in [0.15, 0.2) is 0 Å². The number of alkyl carbamates (subject to hydrolysis) is 1. The number of aromatic nitrogens is 1. The first-order valence-corrected chi connectivity index (χ1v) is 8.76. The Balaban J connectivity index is 1.41. The molecular weight excluding hydrogens is 312 g/mol. The van der Waals surface area contributed by atoms with Crippen LogP contribution in [0.3, 0.4) is 0 Å². The molecule has 2 aromatic carbocycles. The number of aryl methyl sites for hydroxylation is 2. The maximum Gasteiger partial charge on any atom is 0.407 e. The first kappa shape index (κ1) is 15.8. The number of fused-ring (bicyclic) bond motifs is 3. The Morgan fingerprint density at radius 1 is 1.24 bits per heavy atom. The summed E-state index contributed by atoms with van der Waals surface area (Å²) in [5.74, 6) is 0. The van der Waals surface area contributed by atoms with Gasteiger partial charge in [0.2, 0.25) is 0 Å². The number of carbonyl (C=O) groups is 1. The van der Waals surface area contributed by atoms with Crippen molar-refractivity contribution in [1.29, 1.82) is 0 Å². The van der Waals surface area contributed by atoms with E-state index in [0.717, 1.165) is 24.8 Å². The molecule has 0 radical (unpaired) electrons. The van der Waals surface area contributed by atoms with Crippen LogP contribution in [0.25, 0.3) is 10.9 Å². The number of aromatic amines is 1. The lowest BCUT2D eigenvalue weighted by Gasteiger charge is -2.23. The molecule has 0 spiro atoms. The van der Waals surface area contributed by atoms with E-state index in [1.54, 1.807) is 0 Å². The van der Waals surface area contributed by atoms with Gasteiger partial charge in [-0.3, -0.25) is 0 Å². The summed E-state index contributed by atoms with van der Waals surface area (Å²) in [6.07, 6.45) is 2.39. The number of rotatable bonds is 3. The average molecular weight is 334 g/mol. The van der Waals surface area contributed by atoms with Crippen LogP contribution in [0.5, 0.6) is 0 Å². The Morgan fingerprint density at radius 2 is 2.08 bits per heavy atom. The van der Waals surface area contributed by atoms with Gasteiger partial charge in [-0.2, -0.15) is 0 Å². The molecular formula is C21H22N2O2. The van der Waals surface area contributed by atoms with Crippen molar-refractivity contribution in [2.75, 3.05) is 0 Å². The zero-order valence-corrected chi connectivity index (χ0v) is 14.3. The smallest absolute Gasteiger partial charge is 0.407 e. The topological polar surface area (TPSA) is 54.1 Å². The molecule has 4 rings (SSSR count). The summed E-state index contributed by atoms with van der Waals surface area (Å²) in [6, 6.07) is 16.3. The number of H-pyrrole nitrogens is 1. The standard InChI is InChI=1S/C21H22N2O2/c1-14-7-9-19-17(11-14)18-12-16(8-10-20(18)23-19)22-21(24)25-13-15-5-3-2-4-6-15/h2-7,9,11,16,23H,8,10,12-13H2,1H3,(H,22,24)/t16-/m0/s1. The van der Waals surface area contributed by atoms with E-state index in [4.69, 9.17) is 4.74 Å². The molecule has 1 amide bonds. The first-order valence-electron chi connectivity index (χ1n) is 8.76. The van der Waals surface area contributed by atoms with Gasteiger partial charge in [-0.1, -0.05) is 42.0 Å². The summed E-state index contributed by atoms with van der Waals surface area (Å²) < 4.78 is 5.35. The largest absolute Gasteiger partial charge is 0.445 e. The average Bonchev–Trinajstić information content (AvgIpc) is 2.98. The molecule has 0 saturated heterocycles. The predicted octanol–water partition coefficient (Wildman–Crippen LogP) is 4.26. The minimum absolute atomic E-state index is 0.121. The van der Waals surface area contributed by atoms with Crippen molar-refractivity contribution in [1.82, 2.24) is 10.3 Å². The molecule has 4 nitrogen and oxygen atoms in total. The minimum Gasteiger partial charge on any atom is -0.445 e. The van der Waals surface area contributed by atoms with Gasteiger partial charge in [0.05, 0.1) is 0 Å². The van der Waals surface area contributed by atoms with E-state index < -0.39 is 0 Å². The molecule has 1 heterocycles. The van der Waals surface area contributed by atoms with Gasteiger partial charge >= 0.3 is 6.09 Å². The lowest BCUT2D eigenvalue weighted by molar-refractivity contribution is 0.134. The molecule has 3 aromatic rings. The van der Waals surface area contributed by atoms with Gasteiger partial charge in [-0.05, 0) is 49.4 Å². The van der Waals surface area contributed by atoms with Crippen molar-refractivity contribution < 1.29 is 9.53 Å². The minimum atomic E-state index is -0.340. The molecule has 0 fully saturated rings. The highest BCUT2D eigenvalue weighted by atomic mass is 16.5. The van der Waals surface area contributed by atoms with Crippen LogP contribution in [-0.2, 0) is 24.2 Å². The van der Waals surface area contributed by atoms with Crippen LogP contribution in [0.4, 0.5) is 4.79 Å². The fraction of sp³-hybridized carbons (Fsp3) is 0.286. The molecule has 1 atom stereocenters. The monoisotopic (exact) mass is 334 g/mol. The zero-order valence-electron chi connectivity index (χ0n) is 14.3. The van der Waals surface area contributed by atoms with Crippen LogP contribution in [0.2, 0.25) is 0 Å². The van der Waals surface area contributed by atoms with Gasteiger partial charge in [-0.15, -0.1) is 0 Å². The molecule has 1 aliphatic carbocycles. The number of amides is 1. The van der Waals surface area contributed by atoms with Gasteiger partial charge in [0.1, 0.15) is 6.61 Å². The Labute approximate surface area is 147 Å². The summed E-state index contributed by atoms with van der Waals surface area (Å²) in [5, 5.41) is 4.30. The van der Waals surface area contributed by atoms with Crippen molar-refractivity contribution in [3.63, 3.8) is 0 Å². The van der Waals surface area contributed by atoms with Crippen LogP contribution in [0, 0.1) is 6.92 Å². The first-order chi connectivity index (χ1) is 12.2. The molecule has 0 bridgehead atoms. The van der Waals surface area contributed by atoms with E-state index in [0.29, 0.717) is 6.61 Å². The molecule has 2 N–H and O–H groups in total. The normalized spacial score (nSPS) is 16.4. The lowest BCUT2D eigenvalue weighted by Crippen LogP contribution is -2.39. The maximum absolute atomic E-state index is 12.1. The maximum atomic E-state index is 12.1. The Morgan fingerprint density at radius 3 is 2.92 bits per heavy atom. The van der Waals surface area contributed by atoms with Crippen LogP contribution in [0.1, 0.15) is 28.8 Å². The SMILES string of the molecule is Cc1ccc2[nH]c3c(c2c1)C[C@@H](NC(=O)OCc1ccccc1)CC3. The summed E-state index contributed by atoms with van der Waals surface area (Å²) in [5.41, 5.74) is 6.07. The van der Waals surface area contributed by atoms with Crippen molar-refractivity contribution >= 4 is 17.0 Å². The summed E-state index contributed by atoms with van der Waals surface area (Å²) in [6.45, 7) is 2.41. The highest BCUT2D eigenvalue weighted by molar-refractivity contribution is 5.85. The second-order valence-corrected chi connectivity index (χ2v) is 6.78.